The van der Waals surface area contributed by atoms with E-state index in [4.69, 9.17) is 11.6 Å². The van der Waals surface area contributed by atoms with Gasteiger partial charge in [-0.1, -0.05) is 17.7 Å². The third kappa shape index (κ3) is 3.34. The smallest absolute Gasteiger partial charge is 0.257 e. The number of nitrogens with zero attached hydrogens (tertiary/aromatic N) is 1. The standard InChI is InChI=1S/C17H13ClF3NO/c18-14-2-1-3-15(20)13(14)9-22(11-5-6-11)17(23)12-7-4-10(19)8-16(12)21/h1-4,7-8,11H,5-6,9H2. The summed E-state index contributed by atoms with van der Waals surface area (Å²) in [6.45, 7) is -0.0498. The molecule has 3 rings (SSSR count). The monoisotopic (exact) mass is 339 g/mol. The second-order valence-corrected chi connectivity index (χ2v) is 5.90. The summed E-state index contributed by atoms with van der Waals surface area (Å²) in [7, 11) is 0. The van der Waals surface area contributed by atoms with Crippen LogP contribution >= 0.6 is 11.6 Å². The van der Waals surface area contributed by atoms with Crippen molar-refractivity contribution >= 4 is 17.5 Å². The molecule has 6 heteroatoms. The predicted molar refractivity (Wildman–Crippen MR) is 80.7 cm³/mol. The first-order chi connectivity index (χ1) is 11.0. The molecule has 1 aliphatic rings. The first-order valence-corrected chi connectivity index (χ1v) is 7.54. The maximum Gasteiger partial charge on any atom is 0.257 e. The predicted octanol–water partition coefficient (Wildman–Crippen LogP) is 4.56. The van der Waals surface area contributed by atoms with Gasteiger partial charge in [0.2, 0.25) is 0 Å². The summed E-state index contributed by atoms with van der Waals surface area (Å²) in [5, 5.41) is 0.211. The van der Waals surface area contributed by atoms with E-state index in [9.17, 15) is 18.0 Å². The number of rotatable bonds is 4. The van der Waals surface area contributed by atoms with Gasteiger partial charge in [-0.3, -0.25) is 4.79 Å². The molecule has 0 heterocycles. The van der Waals surface area contributed by atoms with Gasteiger partial charge in [-0.25, -0.2) is 13.2 Å². The third-order valence-electron chi connectivity index (χ3n) is 3.80. The molecule has 0 radical (unpaired) electrons. The molecule has 2 aromatic rings. The van der Waals surface area contributed by atoms with Crippen LogP contribution < -0.4 is 0 Å². The highest BCUT2D eigenvalue weighted by Gasteiger charge is 2.35. The summed E-state index contributed by atoms with van der Waals surface area (Å²) >= 11 is 6.00. The summed E-state index contributed by atoms with van der Waals surface area (Å²) in [6.07, 6.45) is 1.53. The maximum atomic E-state index is 13.9. The van der Waals surface area contributed by atoms with Gasteiger partial charge in [-0.2, -0.15) is 0 Å². The van der Waals surface area contributed by atoms with Crippen molar-refractivity contribution in [2.75, 3.05) is 0 Å². The molecule has 0 spiro atoms. The van der Waals surface area contributed by atoms with Gasteiger partial charge >= 0.3 is 0 Å². The Balaban J connectivity index is 1.91. The third-order valence-corrected chi connectivity index (χ3v) is 4.15. The van der Waals surface area contributed by atoms with Crippen LogP contribution in [0.15, 0.2) is 36.4 Å². The first kappa shape index (κ1) is 15.9. The van der Waals surface area contributed by atoms with E-state index in [0.29, 0.717) is 6.07 Å². The van der Waals surface area contributed by atoms with E-state index < -0.39 is 23.4 Å². The minimum Gasteiger partial charge on any atom is -0.331 e. The number of amides is 1. The van der Waals surface area contributed by atoms with Gasteiger partial charge in [-0.05, 0) is 37.1 Å². The second kappa shape index (κ2) is 6.24. The molecule has 1 fully saturated rings. The molecule has 0 aliphatic heterocycles. The maximum absolute atomic E-state index is 13.9. The molecule has 0 atom stereocenters. The lowest BCUT2D eigenvalue weighted by Gasteiger charge is -2.23. The van der Waals surface area contributed by atoms with Crippen molar-refractivity contribution in [3.63, 3.8) is 0 Å². The quantitative estimate of drug-likeness (QED) is 0.799. The first-order valence-electron chi connectivity index (χ1n) is 7.16. The minimum absolute atomic E-state index is 0.0498. The Morgan fingerprint density at radius 2 is 1.87 bits per heavy atom. The van der Waals surface area contributed by atoms with Crippen LogP contribution in [-0.2, 0) is 6.54 Å². The van der Waals surface area contributed by atoms with Gasteiger partial charge in [-0.15, -0.1) is 0 Å². The number of hydrogen-bond acceptors (Lipinski definition) is 1. The molecule has 0 N–H and O–H groups in total. The number of hydrogen-bond donors (Lipinski definition) is 0. The molecule has 2 nitrogen and oxygen atoms in total. The Kier molecular flexibility index (Phi) is 4.31. The number of benzene rings is 2. The number of carbonyl (C=O) groups excluding carboxylic acids is 1. The molecule has 0 bridgehead atoms. The van der Waals surface area contributed by atoms with Crippen LogP contribution in [0.25, 0.3) is 0 Å². The normalized spacial score (nSPS) is 13.9. The summed E-state index contributed by atoms with van der Waals surface area (Å²) in [6, 6.07) is 6.98. The average Bonchev–Trinajstić information content (AvgIpc) is 3.31. The van der Waals surface area contributed by atoms with Gasteiger partial charge in [0.05, 0.1) is 12.1 Å². The molecule has 2 aromatic carbocycles. The van der Waals surface area contributed by atoms with Gasteiger partial charge in [0.25, 0.3) is 5.91 Å². The summed E-state index contributed by atoms with van der Waals surface area (Å²) in [5.41, 5.74) is -0.0392. The van der Waals surface area contributed by atoms with Crippen LogP contribution in [0.1, 0.15) is 28.8 Å². The fourth-order valence-corrected chi connectivity index (χ4v) is 2.65. The summed E-state index contributed by atoms with van der Waals surface area (Å²) in [5.74, 6) is -2.80. The van der Waals surface area contributed by atoms with E-state index in [0.717, 1.165) is 25.0 Å². The van der Waals surface area contributed by atoms with Gasteiger partial charge < -0.3 is 4.90 Å². The zero-order valence-corrected chi connectivity index (χ0v) is 12.8. The molecular weight excluding hydrogens is 327 g/mol. The van der Waals surface area contributed by atoms with Crippen LogP contribution in [0.5, 0.6) is 0 Å². The number of halogens is 4. The molecule has 1 amide bonds. The highest BCUT2D eigenvalue weighted by Crippen LogP contribution is 2.32. The Hall–Kier alpha value is -2.01. The van der Waals surface area contributed by atoms with Crippen molar-refractivity contribution in [2.24, 2.45) is 0 Å². The van der Waals surface area contributed by atoms with Gasteiger partial charge in [0.15, 0.2) is 0 Å². The fourth-order valence-electron chi connectivity index (χ4n) is 2.42. The van der Waals surface area contributed by atoms with E-state index in [-0.39, 0.29) is 28.7 Å². The molecule has 1 saturated carbocycles. The van der Waals surface area contributed by atoms with Crippen molar-refractivity contribution in [3.05, 3.63) is 70.0 Å². The SMILES string of the molecule is O=C(c1ccc(F)cc1F)N(Cc1c(F)cccc1Cl)C1CC1. The Bertz CT molecular complexity index is 741. The minimum atomic E-state index is -0.930. The lowest BCUT2D eigenvalue weighted by Crippen LogP contribution is -2.33. The van der Waals surface area contributed by atoms with Crippen molar-refractivity contribution in [1.29, 1.82) is 0 Å². The van der Waals surface area contributed by atoms with Crippen molar-refractivity contribution in [2.45, 2.75) is 25.4 Å². The Morgan fingerprint density at radius 1 is 1.13 bits per heavy atom. The van der Waals surface area contributed by atoms with E-state index in [1.165, 1.54) is 23.1 Å². The largest absolute Gasteiger partial charge is 0.331 e. The lowest BCUT2D eigenvalue weighted by atomic mass is 10.1. The zero-order chi connectivity index (χ0) is 16.6. The molecular formula is C17H13ClF3NO. The topological polar surface area (TPSA) is 20.3 Å². The number of carbonyl (C=O) groups is 1. The van der Waals surface area contributed by atoms with Crippen LogP contribution in [0.3, 0.4) is 0 Å². The Labute approximate surface area is 136 Å². The van der Waals surface area contributed by atoms with Crippen LogP contribution in [0.4, 0.5) is 13.2 Å². The van der Waals surface area contributed by atoms with Crippen molar-refractivity contribution in [3.8, 4) is 0 Å². The van der Waals surface area contributed by atoms with Crippen LogP contribution in [0.2, 0.25) is 5.02 Å². The average molecular weight is 340 g/mol. The van der Waals surface area contributed by atoms with E-state index in [1.807, 2.05) is 0 Å². The van der Waals surface area contributed by atoms with Crippen molar-refractivity contribution in [1.82, 2.24) is 4.90 Å². The van der Waals surface area contributed by atoms with E-state index in [1.54, 1.807) is 0 Å². The summed E-state index contributed by atoms with van der Waals surface area (Å²) < 4.78 is 40.8. The molecule has 23 heavy (non-hydrogen) atoms. The van der Waals surface area contributed by atoms with E-state index in [2.05, 4.69) is 0 Å². The van der Waals surface area contributed by atoms with Gasteiger partial charge in [0, 0.05) is 22.7 Å². The molecule has 0 unspecified atom stereocenters. The van der Waals surface area contributed by atoms with Gasteiger partial charge in [0.1, 0.15) is 17.5 Å². The Morgan fingerprint density at radius 3 is 2.48 bits per heavy atom. The lowest BCUT2D eigenvalue weighted by molar-refractivity contribution is 0.0723. The second-order valence-electron chi connectivity index (χ2n) is 5.49. The molecule has 0 aromatic heterocycles. The molecule has 1 aliphatic carbocycles. The highest BCUT2D eigenvalue weighted by atomic mass is 35.5. The summed E-state index contributed by atoms with van der Waals surface area (Å²) in [4.78, 5) is 14.0. The molecule has 0 saturated heterocycles. The van der Waals surface area contributed by atoms with E-state index >= 15 is 0 Å². The van der Waals surface area contributed by atoms with Crippen molar-refractivity contribution < 1.29 is 18.0 Å². The highest BCUT2D eigenvalue weighted by molar-refractivity contribution is 6.31. The fraction of sp³-hybridized carbons (Fsp3) is 0.235. The zero-order valence-electron chi connectivity index (χ0n) is 12.0. The molecule has 120 valence electrons. The van der Waals surface area contributed by atoms with Crippen LogP contribution in [-0.4, -0.2) is 16.8 Å². The van der Waals surface area contributed by atoms with Crippen LogP contribution in [0, 0.1) is 17.5 Å².